The van der Waals surface area contributed by atoms with E-state index in [2.05, 4.69) is 4.98 Å². The highest BCUT2D eigenvalue weighted by molar-refractivity contribution is 6.03. The van der Waals surface area contributed by atoms with E-state index in [0.717, 1.165) is 10.9 Å². The monoisotopic (exact) mass is 242 g/mol. The first-order valence-corrected chi connectivity index (χ1v) is 4.84. The lowest BCUT2D eigenvalue weighted by atomic mass is 10.1. The van der Waals surface area contributed by atoms with Gasteiger partial charge in [-0.1, -0.05) is 6.07 Å². The molecule has 1 heterocycles. The van der Waals surface area contributed by atoms with Gasteiger partial charge in [-0.2, -0.15) is 13.2 Å². The second kappa shape index (κ2) is 3.80. The van der Waals surface area contributed by atoms with Gasteiger partial charge in [0.25, 0.3) is 0 Å². The number of aryl methyl sites for hydroxylation is 1. The van der Waals surface area contributed by atoms with Crippen LogP contribution in [0.3, 0.4) is 0 Å². The lowest BCUT2D eigenvalue weighted by Crippen LogP contribution is -2.30. The molecule has 0 aliphatic rings. The van der Waals surface area contributed by atoms with Crippen molar-refractivity contribution in [1.82, 2.24) is 4.98 Å². The molecule has 0 aliphatic carbocycles. The van der Waals surface area contributed by atoms with Gasteiger partial charge in [0.15, 0.2) is 0 Å². The molecule has 0 radical (unpaired) electrons. The first kappa shape index (κ1) is 11.5. The zero-order valence-corrected chi connectivity index (χ0v) is 8.85. The van der Waals surface area contributed by atoms with Crippen LogP contribution < -0.4 is 5.32 Å². The summed E-state index contributed by atoms with van der Waals surface area (Å²) in [7, 11) is 0. The Morgan fingerprint density at radius 3 is 2.65 bits per heavy atom. The average molecular weight is 242 g/mol. The molecule has 6 heteroatoms. The van der Waals surface area contributed by atoms with Crippen LogP contribution in [0.4, 0.5) is 18.9 Å². The highest BCUT2D eigenvalue weighted by Crippen LogP contribution is 2.26. The van der Waals surface area contributed by atoms with E-state index in [1.165, 1.54) is 6.07 Å². The van der Waals surface area contributed by atoms with Gasteiger partial charge in [0.1, 0.15) is 0 Å². The first-order valence-electron chi connectivity index (χ1n) is 4.84. The Kier molecular flexibility index (Phi) is 2.57. The van der Waals surface area contributed by atoms with Crippen LogP contribution >= 0.6 is 0 Å². The van der Waals surface area contributed by atoms with Crippen LogP contribution in [-0.4, -0.2) is 17.1 Å². The smallest absolute Gasteiger partial charge is 0.359 e. The number of aromatic nitrogens is 1. The van der Waals surface area contributed by atoms with Crippen molar-refractivity contribution >= 4 is 22.5 Å². The molecule has 1 aromatic heterocycles. The van der Waals surface area contributed by atoms with Gasteiger partial charge in [-0.15, -0.1) is 0 Å². The summed E-state index contributed by atoms with van der Waals surface area (Å²) in [6.07, 6.45) is -3.27. The number of aromatic amines is 1. The third kappa shape index (κ3) is 2.11. The summed E-state index contributed by atoms with van der Waals surface area (Å²) in [5.41, 5.74) is 1.53. The number of hydrogen-bond donors (Lipinski definition) is 2. The number of alkyl halides is 3. The van der Waals surface area contributed by atoms with Crippen molar-refractivity contribution in [2.45, 2.75) is 13.1 Å². The number of H-pyrrole nitrogens is 1. The largest absolute Gasteiger partial charge is 0.471 e. The van der Waals surface area contributed by atoms with Crippen molar-refractivity contribution in [3.05, 3.63) is 30.0 Å². The summed E-state index contributed by atoms with van der Waals surface area (Å²) in [5, 5.41) is 2.63. The third-order valence-electron chi connectivity index (χ3n) is 2.45. The molecule has 1 amide bonds. The van der Waals surface area contributed by atoms with Gasteiger partial charge >= 0.3 is 12.1 Å². The number of halogens is 3. The van der Waals surface area contributed by atoms with Crippen molar-refractivity contribution in [3.63, 3.8) is 0 Å². The van der Waals surface area contributed by atoms with Gasteiger partial charge in [0, 0.05) is 11.6 Å². The first-order chi connectivity index (χ1) is 7.89. The maximum Gasteiger partial charge on any atom is 0.471 e. The summed E-state index contributed by atoms with van der Waals surface area (Å²) < 4.78 is 36.4. The zero-order valence-electron chi connectivity index (χ0n) is 8.85. The SMILES string of the molecule is Cc1ccc(NC(=O)C(F)(F)F)c2[nH]ccc12. The van der Waals surface area contributed by atoms with Crippen LogP contribution in [0.1, 0.15) is 5.56 Å². The maximum atomic E-state index is 12.1. The molecule has 0 saturated heterocycles. The Morgan fingerprint density at radius 2 is 2.00 bits per heavy atom. The normalized spacial score (nSPS) is 11.8. The molecule has 90 valence electrons. The molecule has 0 bridgehead atoms. The highest BCUT2D eigenvalue weighted by Gasteiger charge is 2.38. The fourth-order valence-electron chi connectivity index (χ4n) is 1.60. The zero-order chi connectivity index (χ0) is 12.6. The van der Waals surface area contributed by atoms with E-state index in [-0.39, 0.29) is 5.69 Å². The molecule has 17 heavy (non-hydrogen) atoms. The van der Waals surface area contributed by atoms with Crippen LogP contribution in [0.5, 0.6) is 0 Å². The topological polar surface area (TPSA) is 44.9 Å². The van der Waals surface area contributed by atoms with E-state index in [1.807, 2.05) is 12.2 Å². The number of amides is 1. The number of anilines is 1. The summed E-state index contributed by atoms with van der Waals surface area (Å²) >= 11 is 0. The molecule has 0 atom stereocenters. The summed E-state index contributed by atoms with van der Waals surface area (Å²) in [5.74, 6) is -1.97. The minimum Gasteiger partial charge on any atom is -0.359 e. The molecule has 2 aromatic rings. The maximum absolute atomic E-state index is 12.1. The molecular formula is C11H9F3N2O. The van der Waals surface area contributed by atoms with Crippen molar-refractivity contribution in [1.29, 1.82) is 0 Å². The quantitative estimate of drug-likeness (QED) is 0.793. The molecular weight excluding hydrogens is 233 g/mol. The Balaban J connectivity index is 2.41. The number of fused-ring (bicyclic) bond motifs is 1. The molecule has 0 fully saturated rings. The number of carbonyl (C=O) groups is 1. The van der Waals surface area contributed by atoms with Gasteiger partial charge in [0.2, 0.25) is 0 Å². The van der Waals surface area contributed by atoms with Gasteiger partial charge < -0.3 is 10.3 Å². The van der Waals surface area contributed by atoms with Crippen molar-refractivity contribution in [2.75, 3.05) is 5.32 Å². The summed E-state index contributed by atoms with van der Waals surface area (Å²) in [4.78, 5) is 13.6. The second-order valence-electron chi connectivity index (χ2n) is 3.65. The third-order valence-corrected chi connectivity index (χ3v) is 2.45. The number of hydrogen-bond acceptors (Lipinski definition) is 1. The lowest BCUT2D eigenvalue weighted by molar-refractivity contribution is -0.167. The van der Waals surface area contributed by atoms with E-state index in [0.29, 0.717) is 5.52 Å². The fourth-order valence-corrected chi connectivity index (χ4v) is 1.60. The number of nitrogens with one attached hydrogen (secondary N) is 2. The van der Waals surface area contributed by atoms with Gasteiger partial charge in [0.05, 0.1) is 11.2 Å². The molecule has 0 unspecified atom stereocenters. The number of rotatable bonds is 1. The van der Waals surface area contributed by atoms with Crippen LogP contribution in [0.15, 0.2) is 24.4 Å². The molecule has 2 N–H and O–H groups in total. The van der Waals surface area contributed by atoms with Crippen LogP contribution in [0.2, 0.25) is 0 Å². The van der Waals surface area contributed by atoms with E-state index < -0.39 is 12.1 Å². The average Bonchev–Trinajstić information content (AvgIpc) is 2.70. The van der Waals surface area contributed by atoms with E-state index in [9.17, 15) is 18.0 Å². The van der Waals surface area contributed by atoms with E-state index in [1.54, 1.807) is 18.3 Å². The number of carbonyl (C=O) groups excluding carboxylic acids is 1. The second-order valence-corrected chi connectivity index (χ2v) is 3.65. The standard InChI is InChI=1S/C11H9F3N2O/c1-6-2-3-8(9-7(6)4-5-15-9)16-10(17)11(12,13)14/h2-5,15H,1H3,(H,16,17). The highest BCUT2D eigenvalue weighted by atomic mass is 19.4. The molecule has 3 nitrogen and oxygen atoms in total. The Bertz CT molecular complexity index is 572. The van der Waals surface area contributed by atoms with Gasteiger partial charge in [-0.3, -0.25) is 4.79 Å². The number of benzene rings is 1. The fraction of sp³-hybridized carbons (Fsp3) is 0.182. The Morgan fingerprint density at radius 1 is 1.29 bits per heavy atom. The summed E-state index contributed by atoms with van der Waals surface area (Å²) in [6, 6.07) is 4.84. The minimum absolute atomic E-state index is 0.123. The molecule has 0 aliphatic heterocycles. The van der Waals surface area contributed by atoms with Crippen molar-refractivity contribution in [2.24, 2.45) is 0 Å². The Labute approximate surface area is 94.6 Å². The van der Waals surface area contributed by atoms with Crippen LogP contribution in [0.25, 0.3) is 10.9 Å². The van der Waals surface area contributed by atoms with Gasteiger partial charge in [-0.05, 0) is 24.6 Å². The van der Waals surface area contributed by atoms with Crippen molar-refractivity contribution < 1.29 is 18.0 Å². The predicted octanol–water partition coefficient (Wildman–Crippen LogP) is 2.98. The van der Waals surface area contributed by atoms with Gasteiger partial charge in [-0.25, -0.2) is 0 Å². The minimum atomic E-state index is -4.89. The van der Waals surface area contributed by atoms with Crippen LogP contribution in [0, 0.1) is 6.92 Å². The van der Waals surface area contributed by atoms with Crippen LogP contribution in [-0.2, 0) is 4.79 Å². The summed E-state index contributed by atoms with van der Waals surface area (Å²) in [6.45, 7) is 1.84. The van der Waals surface area contributed by atoms with Crippen molar-refractivity contribution in [3.8, 4) is 0 Å². The Hall–Kier alpha value is -1.98. The lowest BCUT2D eigenvalue weighted by Gasteiger charge is -2.09. The van der Waals surface area contributed by atoms with E-state index in [4.69, 9.17) is 0 Å². The molecule has 0 spiro atoms. The molecule has 2 rings (SSSR count). The predicted molar refractivity (Wildman–Crippen MR) is 57.7 cm³/mol. The van der Waals surface area contributed by atoms with E-state index >= 15 is 0 Å². The molecule has 1 aromatic carbocycles. The molecule has 0 saturated carbocycles.